The number of hydrogen-bond acceptors (Lipinski definition) is 3. The number of rotatable bonds is 3. The largest absolute Gasteiger partial charge is 0.364 e. The van der Waals surface area contributed by atoms with E-state index in [1.165, 1.54) is 12.3 Å². The van der Waals surface area contributed by atoms with Gasteiger partial charge in [0.1, 0.15) is 17.2 Å². The van der Waals surface area contributed by atoms with Crippen molar-refractivity contribution < 1.29 is 9.18 Å². The predicted octanol–water partition coefficient (Wildman–Crippen LogP) is 2.94. The zero-order valence-corrected chi connectivity index (χ0v) is 13.3. The summed E-state index contributed by atoms with van der Waals surface area (Å²) in [6.45, 7) is 1.71. The van der Waals surface area contributed by atoms with Gasteiger partial charge in [-0.1, -0.05) is 0 Å². The number of amides is 1. The molecule has 7 heteroatoms. The second-order valence-electron chi connectivity index (χ2n) is 5.77. The first-order valence-electron chi connectivity index (χ1n) is 7.62. The molecule has 0 bridgehead atoms. The van der Waals surface area contributed by atoms with Crippen LogP contribution in [0.25, 0.3) is 28.0 Å². The molecular formula is C18H14FN5O. The van der Waals surface area contributed by atoms with Gasteiger partial charge >= 0.3 is 0 Å². The highest BCUT2D eigenvalue weighted by Crippen LogP contribution is 2.31. The molecule has 0 aliphatic rings. The molecule has 124 valence electrons. The van der Waals surface area contributed by atoms with Crippen molar-refractivity contribution >= 4 is 11.6 Å². The summed E-state index contributed by atoms with van der Waals surface area (Å²) in [6, 6.07) is 8.55. The number of hydrogen-bond donors (Lipinski definition) is 2. The standard InChI is InChI=1S/C18H14FN5O/c1-10-6-11(2-4-14(10)19)17-13(7-22-23-17)12-3-5-16-21-8-15(18(20)25)24(16)9-12/h2-9H,1H3,(H2,20,25)(H,22,23). The molecule has 0 spiro atoms. The van der Waals surface area contributed by atoms with Crippen LogP contribution in [0.3, 0.4) is 0 Å². The quantitative estimate of drug-likeness (QED) is 0.603. The minimum absolute atomic E-state index is 0.258. The third kappa shape index (κ3) is 2.46. The summed E-state index contributed by atoms with van der Waals surface area (Å²) in [5.74, 6) is -0.807. The number of nitrogens with two attached hydrogens (primary N) is 1. The maximum atomic E-state index is 13.5. The first kappa shape index (κ1) is 15.1. The Bertz CT molecular complexity index is 1110. The topological polar surface area (TPSA) is 89.1 Å². The van der Waals surface area contributed by atoms with Gasteiger partial charge in [-0.3, -0.25) is 14.3 Å². The molecule has 0 saturated carbocycles. The summed E-state index contributed by atoms with van der Waals surface area (Å²) in [5.41, 5.74) is 10.0. The van der Waals surface area contributed by atoms with E-state index in [0.29, 0.717) is 22.6 Å². The Morgan fingerprint density at radius 3 is 2.80 bits per heavy atom. The summed E-state index contributed by atoms with van der Waals surface area (Å²) in [7, 11) is 0. The molecule has 3 N–H and O–H groups in total. The zero-order valence-electron chi connectivity index (χ0n) is 13.3. The molecule has 4 rings (SSSR count). The van der Waals surface area contributed by atoms with E-state index >= 15 is 0 Å². The van der Waals surface area contributed by atoms with Crippen LogP contribution < -0.4 is 5.73 Å². The van der Waals surface area contributed by atoms with Crippen LogP contribution in [0.4, 0.5) is 4.39 Å². The maximum absolute atomic E-state index is 13.5. The van der Waals surface area contributed by atoms with Crippen molar-refractivity contribution in [3.05, 3.63) is 66.0 Å². The molecule has 3 aromatic heterocycles. The Balaban J connectivity index is 1.87. The van der Waals surface area contributed by atoms with Gasteiger partial charge in [0.05, 0.1) is 11.9 Å². The summed E-state index contributed by atoms with van der Waals surface area (Å²) in [6.07, 6.45) is 4.99. The molecule has 25 heavy (non-hydrogen) atoms. The smallest absolute Gasteiger partial charge is 0.267 e. The Morgan fingerprint density at radius 2 is 2.04 bits per heavy atom. The molecule has 1 aromatic carbocycles. The monoisotopic (exact) mass is 335 g/mol. The number of aromatic amines is 1. The Labute approximate surface area is 142 Å². The van der Waals surface area contributed by atoms with Gasteiger partial charge in [0, 0.05) is 29.1 Å². The van der Waals surface area contributed by atoms with Gasteiger partial charge in [0.25, 0.3) is 5.91 Å². The van der Waals surface area contributed by atoms with Crippen LogP contribution >= 0.6 is 0 Å². The van der Waals surface area contributed by atoms with Crippen molar-refractivity contribution in [1.82, 2.24) is 19.6 Å². The van der Waals surface area contributed by atoms with Crippen molar-refractivity contribution in [3.8, 4) is 22.4 Å². The number of carbonyl (C=O) groups excluding carboxylic acids is 1. The lowest BCUT2D eigenvalue weighted by molar-refractivity contribution is 0.0995. The second-order valence-corrected chi connectivity index (χ2v) is 5.77. The third-order valence-electron chi connectivity index (χ3n) is 4.14. The molecule has 3 heterocycles. The van der Waals surface area contributed by atoms with E-state index in [9.17, 15) is 9.18 Å². The van der Waals surface area contributed by atoms with Crippen LogP contribution in [-0.2, 0) is 0 Å². The Kier molecular flexibility index (Phi) is 3.35. The van der Waals surface area contributed by atoms with Gasteiger partial charge in [-0.05, 0) is 42.8 Å². The van der Waals surface area contributed by atoms with Gasteiger partial charge in [0.15, 0.2) is 0 Å². The number of carbonyl (C=O) groups is 1. The minimum Gasteiger partial charge on any atom is -0.364 e. The summed E-state index contributed by atoms with van der Waals surface area (Å²) < 4.78 is 15.2. The number of pyridine rings is 1. The molecule has 0 atom stereocenters. The van der Waals surface area contributed by atoms with Crippen LogP contribution in [0.5, 0.6) is 0 Å². The number of primary amides is 1. The van der Waals surface area contributed by atoms with E-state index in [0.717, 1.165) is 16.7 Å². The van der Waals surface area contributed by atoms with Crippen molar-refractivity contribution in [2.45, 2.75) is 6.92 Å². The van der Waals surface area contributed by atoms with E-state index in [-0.39, 0.29) is 5.82 Å². The van der Waals surface area contributed by atoms with Crippen LogP contribution in [0.1, 0.15) is 16.1 Å². The molecule has 0 fully saturated rings. The highest BCUT2D eigenvalue weighted by Gasteiger charge is 2.14. The van der Waals surface area contributed by atoms with E-state index in [1.807, 2.05) is 6.07 Å². The molecule has 0 radical (unpaired) electrons. The average molecular weight is 335 g/mol. The number of aryl methyl sites for hydroxylation is 1. The highest BCUT2D eigenvalue weighted by atomic mass is 19.1. The molecule has 1 amide bonds. The molecule has 0 unspecified atom stereocenters. The average Bonchev–Trinajstić information content (AvgIpc) is 3.23. The SMILES string of the molecule is Cc1cc(-c2n[nH]cc2-c2ccc3ncc(C(N)=O)n3c2)ccc1F. The summed E-state index contributed by atoms with van der Waals surface area (Å²) in [5, 5.41) is 7.14. The number of halogens is 1. The molecule has 0 saturated heterocycles. The van der Waals surface area contributed by atoms with Gasteiger partial charge in [0.2, 0.25) is 0 Å². The fourth-order valence-corrected chi connectivity index (χ4v) is 2.84. The Morgan fingerprint density at radius 1 is 1.24 bits per heavy atom. The lowest BCUT2D eigenvalue weighted by atomic mass is 10.0. The number of nitrogens with zero attached hydrogens (tertiary/aromatic N) is 3. The number of benzene rings is 1. The van der Waals surface area contributed by atoms with E-state index in [4.69, 9.17) is 5.73 Å². The van der Waals surface area contributed by atoms with E-state index in [2.05, 4.69) is 15.2 Å². The van der Waals surface area contributed by atoms with Crippen molar-refractivity contribution in [1.29, 1.82) is 0 Å². The fraction of sp³-hybridized carbons (Fsp3) is 0.0556. The van der Waals surface area contributed by atoms with Crippen molar-refractivity contribution in [3.63, 3.8) is 0 Å². The van der Waals surface area contributed by atoms with Crippen molar-refractivity contribution in [2.75, 3.05) is 0 Å². The van der Waals surface area contributed by atoms with E-state index < -0.39 is 5.91 Å². The zero-order chi connectivity index (χ0) is 17.6. The molecular weight excluding hydrogens is 321 g/mol. The normalized spacial score (nSPS) is 11.1. The molecule has 4 aromatic rings. The Hall–Kier alpha value is -3.48. The third-order valence-corrected chi connectivity index (χ3v) is 4.14. The van der Waals surface area contributed by atoms with Crippen LogP contribution in [-0.4, -0.2) is 25.5 Å². The predicted molar refractivity (Wildman–Crippen MR) is 91.4 cm³/mol. The minimum atomic E-state index is -0.550. The lowest BCUT2D eigenvalue weighted by Gasteiger charge is -2.06. The van der Waals surface area contributed by atoms with Crippen molar-refractivity contribution in [2.24, 2.45) is 5.73 Å². The van der Waals surface area contributed by atoms with Crippen LogP contribution in [0, 0.1) is 12.7 Å². The summed E-state index contributed by atoms with van der Waals surface area (Å²) >= 11 is 0. The van der Waals surface area contributed by atoms with Crippen LogP contribution in [0.2, 0.25) is 0 Å². The second kappa shape index (κ2) is 5.55. The first-order chi connectivity index (χ1) is 12.0. The van der Waals surface area contributed by atoms with Gasteiger partial charge < -0.3 is 5.73 Å². The number of nitrogens with one attached hydrogen (secondary N) is 1. The van der Waals surface area contributed by atoms with Crippen LogP contribution in [0.15, 0.2) is 48.9 Å². The highest BCUT2D eigenvalue weighted by molar-refractivity contribution is 5.92. The van der Waals surface area contributed by atoms with Gasteiger partial charge in [-0.2, -0.15) is 5.10 Å². The summed E-state index contributed by atoms with van der Waals surface area (Å²) in [4.78, 5) is 15.7. The molecule has 6 nitrogen and oxygen atoms in total. The molecule has 0 aliphatic carbocycles. The molecule has 0 aliphatic heterocycles. The van der Waals surface area contributed by atoms with Gasteiger partial charge in [-0.15, -0.1) is 0 Å². The maximum Gasteiger partial charge on any atom is 0.267 e. The first-order valence-corrected chi connectivity index (χ1v) is 7.62. The fourth-order valence-electron chi connectivity index (χ4n) is 2.84. The lowest BCUT2D eigenvalue weighted by Crippen LogP contribution is -2.13. The number of fused-ring (bicyclic) bond motifs is 1. The number of imidazole rings is 1. The van der Waals surface area contributed by atoms with Gasteiger partial charge in [-0.25, -0.2) is 9.37 Å². The van der Waals surface area contributed by atoms with E-state index in [1.54, 1.807) is 41.9 Å². The number of H-pyrrole nitrogens is 1. The number of aromatic nitrogens is 4.